The fourth-order valence-corrected chi connectivity index (χ4v) is 3.33. The van der Waals surface area contributed by atoms with Crippen LogP contribution in [0.15, 0.2) is 41.5 Å². The molecule has 1 unspecified atom stereocenters. The maximum absolute atomic E-state index is 3.29. The fourth-order valence-electron chi connectivity index (χ4n) is 3.33. The third-order valence-corrected chi connectivity index (χ3v) is 4.85. The minimum absolute atomic E-state index is 0. The summed E-state index contributed by atoms with van der Waals surface area (Å²) in [5, 5.41) is 2.85. The van der Waals surface area contributed by atoms with Crippen LogP contribution < -0.4 is 24.8 Å². The molecule has 27 heavy (non-hydrogen) atoms. The molecule has 2 aromatic carbocycles. The van der Waals surface area contributed by atoms with Gasteiger partial charge in [0, 0.05) is 0 Å². The predicted molar refractivity (Wildman–Crippen MR) is 108 cm³/mol. The van der Waals surface area contributed by atoms with Crippen molar-refractivity contribution in [2.45, 2.75) is 67.2 Å². The molecular weight excluding hydrogens is 450 g/mol. The number of fused-ring (bicyclic) bond motifs is 1. The van der Waals surface area contributed by atoms with Gasteiger partial charge in [0.05, 0.1) is 0 Å². The second kappa shape index (κ2) is 12.4. The minimum Gasteiger partial charge on any atom is -1.00 e. The molecule has 0 saturated heterocycles. The Hall–Kier alpha value is -0.227. The van der Waals surface area contributed by atoms with Gasteiger partial charge in [-0.2, -0.15) is 12.1 Å². The third kappa shape index (κ3) is 7.60. The Kier molecular flexibility index (Phi) is 13.3. The quantitative estimate of drug-likeness (QED) is 0.569. The maximum atomic E-state index is 3.29. The predicted octanol–water partition coefficient (Wildman–Crippen LogP) is 1.45. The number of aryl methyl sites for hydroxylation is 1. The van der Waals surface area contributed by atoms with Crippen LogP contribution in [0, 0.1) is 18.9 Å². The van der Waals surface area contributed by atoms with Crippen molar-refractivity contribution in [2.24, 2.45) is 5.92 Å². The van der Waals surface area contributed by atoms with Gasteiger partial charge in [-0.05, 0) is 11.8 Å². The van der Waals surface area contributed by atoms with Crippen LogP contribution in [0.4, 0.5) is 0 Å². The first-order valence-electron chi connectivity index (χ1n) is 9.18. The number of allylic oxidation sites excluding steroid dienone is 4. The number of hydrogen-bond acceptors (Lipinski definition) is 0. The smallest absolute Gasteiger partial charge is 1.00 e. The molecule has 0 heterocycles. The fraction of sp³-hybridized carbons (Fsp3) is 0.458. The largest absolute Gasteiger partial charge is 4.00 e. The molecule has 0 nitrogen and oxygen atoms in total. The average molecular weight is 483 g/mol. The van der Waals surface area contributed by atoms with Crippen molar-refractivity contribution in [3.05, 3.63) is 64.3 Å². The van der Waals surface area contributed by atoms with Crippen molar-refractivity contribution in [3.63, 3.8) is 0 Å². The van der Waals surface area contributed by atoms with Crippen LogP contribution in [-0.4, -0.2) is 0 Å². The van der Waals surface area contributed by atoms with Crippen molar-refractivity contribution in [3.8, 4) is 0 Å². The monoisotopic (exact) mass is 480 g/mol. The van der Waals surface area contributed by atoms with E-state index in [-0.39, 0.29) is 51.0 Å². The van der Waals surface area contributed by atoms with E-state index in [1.54, 1.807) is 0 Å². The van der Waals surface area contributed by atoms with Gasteiger partial charge in [-0.1, -0.05) is 71.6 Å². The molecule has 1 atom stereocenters. The number of hydrogen-bond donors (Lipinski definition) is 0. The van der Waals surface area contributed by atoms with E-state index >= 15 is 0 Å². The van der Waals surface area contributed by atoms with Gasteiger partial charge in [0.1, 0.15) is 0 Å². The zero-order valence-corrected chi connectivity index (χ0v) is 21.8. The molecular formula is C24H32Cl2Zr. The van der Waals surface area contributed by atoms with Crippen molar-refractivity contribution in [2.75, 3.05) is 0 Å². The summed E-state index contributed by atoms with van der Waals surface area (Å²) in [6.07, 6.45) is 5.52. The van der Waals surface area contributed by atoms with E-state index in [0.717, 1.165) is 0 Å². The molecule has 2 aromatic rings. The Morgan fingerprint density at radius 3 is 1.89 bits per heavy atom. The standard InChI is InChI=1S/C16H21.C8H11.2ClH.Zr/c1-10(2)13-8-14-6-12(5)7-16(14)15(9-13)11(3)4;1-6-4-7(2)8(3)5-6;;;/h6-11H,1-5H3;4,6H,1-3H3;2*1H;/q2*-1;;;+4/p-2. The molecule has 0 radical (unpaired) electrons. The van der Waals surface area contributed by atoms with Crippen LogP contribution >= 0.6 is 0 Å². The van der Waals surface area contributed by atoms with Crippen molar-refractivity contribution in [1.82, 2.24) is 0 Å². The van der Waals surface area contributed by atoms with Crippen LogP contribution in [0.3, 0.4) is 0 Å². The summed E-state index contributed by atoms with van der Waals surface area (Å²) < 4.78 is 0. The van der Waals surface area contributed by atoms with Crippen molar-refractivity contribution >= 4 is 10.8 Å². The SMILES string of the molecule is CC1=[C-]C(C)C=C1C.Cc1cc2c(C(C)C)cc(C(C)C)cc2[cH-]1.[Cl-].[Cl-].[Zr+4]. The van der Waals surface area contributed by atoms with Gasteiger partial charge >= 0.3 is 26.2 Å². The van der Waals surface area contributed by atoms with Gasteiger partial charge in [-0.15, -0.1) is 35.4 Å². The molecule has 0 saturated carbocycles. The van der Waals surface area contributed by atoms with E-state index in [1.807, 2.05) is 0 Å². The Balaban J connectivity index is 0. The number of halogens is 2. The molecule has 0 fully saturated rings. The van der Waals surface area contributed by atoms with E-state index in [1.165, 1.54) is 38.6 Å². The molecule has 0 amide bonds. The summed E-state index contributed by atoms with van der Waals surface area (Å²) in [6, 6.07) is 9.35. The Bertz CT molecular complexity index is 761. The Morgan fingerprint density at radius 2 is 1.52 bits per heavy atom. The molecule has 146 valence electrons. The Morgan fingerprint density at radius 1 is 0.926 bits per heavy atom. The molecule has 0 N–H and O–H groups in total. The van der Waals surface area contributed by atoms with E-state index in [2.05, 4.69) is 91.8 Å². The van der Waals surface area contributed by atoms with Gasteiger partial charge in [0.2, 0.25) is 0 Å². The zero-order valence-electron chi connectivity index (χ0n) is 17.9. The zero-order chi connectivity index (χ0) is 18.0. The van der Waals surface area contributed by atoms with Crippen LogP contribution in [0.5, 0.6) is 0 Å². The second-order valence-electron chi connectivity index (χ2n) is 7.86. The van der Waals surface area contributed by atoms with Gasteiger partial charge < -0.3 is 24.8 Å². The normalized spacial score (nSPS) is 15.3. The summed E-state index contributed by atoms with van der Waals surface area (Å²) in [5.41, 5.74) is 7.03. The van der Waals surface area contributed by atoms with Gasteiger partial charge in [-0.25, -0.2) is 11.1 Å². The molecule has 0 spiro atoms. The van der Waals surface area contributed by atoms with E-state index in [9.17, 15) is 0 Å². The molecule has 3 rings (SSSR count). The first-order valence-corrected chi connectivity index (χ1v) is 9.18. The van der Waals surface area contributed by atoms with E-state index in [0.29, 0.717) is 17.8 Å². The first kappa shape index (κ1) is 29.0. The average Bonchev–Trinajstić information content (AvgIpc) is 2.98. The van der Waals surface area contributed by atoms with Crippen LogP contribution in [0.25, 0.3) is 10.8 Å². The topological polar surface area (TPSA) is 0 Å². The minimum atomic E-state index is 0. The van der Waals surface area contributed by atoms with Crippen LogP contribution in [0.2, 0.25) is 0 Å². The molecule has 0 aliphatic heterocycles. The maximum Gasteiger partial charge on any atom is 4.00 e. The molecule has 1 aliphatic carbocycles. The summed E-state index contributed by atoms with van der Waals surface area (Å²) in [7, 11) is 0. The van der Waals surface area contributed by atoms with Crippen molar-refractivity contribution < 1.29 is 51.0 Å². The summed E-state index contributed by atoms with van der Waals surface area (Å²) in [4.78, 5) is 0. The summed E-state index contributed by atoms with van der Waals surface area (Å²) in [5.74, 6) is 1.76. The summed E-state index contributed by atoms with van der Waals surface area (Å²) >= 11 is 0. The second-order valence-corrected chi connectivity index (χ2v) is 7.86. The van der Waals surface area contributed by atoms with Gasteiger partial charge in [0.15, 0.2) is 0 Å². The third-order valence-electron chi connectivity index (χ3n) is 4.85. The molecule has 0 aromatic heterocycles. The Labute approximate surface area is 198 Å². The van der Waals surface area contributed by atoms with Crippen molar-refractivity contribution in [1.29, 1.82) is 0 Å². The van der Waals surface area contributed by atoms with E-state index in [4.69, 9.17) is 0 Å². The summed E-state index contributed by atoms with van der Waals surface area (Å²) in [6.45, 7) is 17.7. The molecule has 0 bridgehead atoms. The number of rotatable bonds is 2. The first-order chi connectivity index (χ1) is 11.2. The van der Waals surface area contributed by atoms with E-state index < -0.39 is 0 Å². The van der Waals surface area contributed by atoms with Gasteiger partial charge in [0.25, 0.3) is 0 Å². The number of benzene rings is 1. The molecule has 1 aliphatic rings. The van der Waals surface area contributed by atoms with Gasteiger partial charge in [-0.3, -0.25) is 6.08 Å². The van der Waals surface area contributed by atoms with Crippen LogP contribution in [0.1, 0.15) is 77.0 Å². The molecule has 3 heteroatoms. The van der Waals surface area contributed by atoms with Crippen LogP contribution in [-0.2, 0) is 26.2 Å².